The molecule has 0 bridgehead atoms. The molecular weight excluding hydrogens is 590 g/mol. The van der Waals surface area contributed by atoms with Crippen LogP contribution in [0.3, 0.4) is 0 Å². The number of ether oxygens (including phenoxy) is 1. The van der Waals surface area contributed by atoms with Crippen LogP contribution in [0.25, 0.3) is 11.3 Å². The fourth-order valence-corrected chi connectivity index (χ4v) is 5.92. The Bertz CT molecular complexity index is 1610. The lowest BCUT2D eigenvalue weighted by Crippen LogP contribution is -2.50. The predicted octanol–water partition coefficient (Wildman–Crippen LogP) is 5.81. The van der Waals surface area contributed by atoms with Crippen molar-refractivity contribution in [2.75, 3.05) is 10.7 Å². The van der Waals surface area contributed by atoms with Gasteiger partial charge in [-0.1, -0.05) is 40.9 Å². The minimum Gasteiger partial charge on any atom is -0.444 e. The van der Waals surface area contributed by atoms with Crippen molar-refractivity contribution in [1.29, 1.82) is 0 Å². The van der Waals surface area contributed by atoms with Gasteiger partial charge in [0.1, 0.15) is 23.2 Å². The smallest absolute Gasteiger partial charge is 0.408 e. The van der Waals surface area contributed by atoms with Gasteiger partial charge >= 0.3 is 6.09 Å². The molecule has 4 aromatic rings. The molecular formula is C31H30FN5O4S2. The summed E-state index contributed by atoms with van der Waals surface area (Å²) >= 11 is 2.68. The molecule has 1 atom stereocenters. The van der Waals surface area contributed by atoms with Crippen molar-refractivity contribution in [1.82, 2.24) is 20.2 Å². The van der Waals surface area contributed by atoms with Crippen molar-refractivity contribution >= 4 is 46.9 Å². The van der Waals surface area contributed by atoms with E-state index >= 15 is 0 Å². The summed E-state index contributed by atoms with van der Waals surface area (Å²) in [6.45, 7) is 5.69. The summed E-state index contributed by atoms with van der Waals surface area (Å²) < 4.78 is 22.6. The minimum atomic E-state index is -0.858. The SMILES string of the molecule is CC(C)(C)OC(=O)N[C@H]1CSc2ccc(C(=O)NCc3ccc(F)cc3)cc2N(Cc2ccc(-c3csnn3)cc2)C1=O. The average molecular weight is 620 g/mol. The highest BCUT2D eigenvalue weighted by Crippen LogP contribution is 2.36. The number of carbonyl (C=O) groups excluding carboxylic acids is 3. The van der Waals surface area contributed by atoms with Gasteiger partial charge in [0.05, 0.1) is 12.2 Å². The normalized spacial score (nSPS) is 14.9. The Morgan fingerprint density at radius 3 is 2.44 bits per heavy atom. The van der Waals surface area contributed by atoms with E-state index in [1.807, 2.05) is 29.6 Å². The van der Waals surface area contributed by atoms with Gasteiger partial charge in [0.15, 0.2) is 0 Å². The molecule has 12 heteroatoms. The van der Waals surface area contributed by atoms with Crippen LogP contribution in [0.15, 0.2) is 77.0 Å². The Balaban J connectivity index is 1.41. The molecule has 1 aliphatic heterocycles. The van der Waals surface area contributed by atoms with Crippen LogP contribution >= 0.6 is 23.3 Å². The first kappa shape index (κ1) is 30.2. The van der Waals surface area contributed by atoms with Crippen molar-refractivity contribution in [3.63, 3.8) is 0 Å². The average Bonchev–Trinajstić information content (AvgIpc) is 3.48. The second-order valence-electron chi connectivity index (χ2n) is 10.9. The van der Waals surface area contributed by atoms with E-state index in [0.717, 1.165) is 27.3 Å². The Hall–Kier alpha value is -4.29. The van der Waals surface area contributed by atoms with Crippen molar-refractivity contribution in [2.45, 2.75) is 50.4 Å². The second-order valence-corrected chi connectivity index (χ2v) is 12.6. The topological polar surface area (TPSA) is 114 Å². The van der Waals surface area contributed by atoms with Gasteiger partial charge in [-0.05, 0) is 73.8 Å². The number of hydrogen-bond donors (Lipinski definition) is 2. The number of carbonyl (C=O) groups is 3. The molecule has 43 heavy (non-hydrogen) atoms. The van der Waals surface area contributed by atoms with Gasteiger partial charge in [-0.15, -0.1) is 16.9 Å². The van der Waals surface area contributed by atoms with Crippen LogP contribution in [0.4, 0.5) is 14.9 Å². The largest absolute Gasteiger partial charge is 0.444 e. The van der Waals surface area contributed by atoms with E-state index < -0.39 is 17.7 Å². The minimum absolute atomic E-state index is 0.204. The lowest BCUT2D eigenvalue weighted by atomic mass is 10.1. The monoisotopic (exact) mass is 619 g/mol. The van der Waals surface area contributed by atoms with Gasteiger partial charge in [-0.25, -0.2) is 9.18 Å². The van der Waals surface area contributed by atoms with Crippen LogP contribution in [-0.4, -0.2) is 44.9 Å². The molecule has 222 valence electrons. The first-order chi connectivity index (χ1) is 20.6. The van der Waals surface area contributed by atoms with E-state index in [2.05, 4.69) is 20.2 Å². The summed E-state index contributed by atoms with van der Waals surface area (Å²) in [6, 6.07) is 17.9. The highest BCUT2D eigenvalue weighted by molar-refractivity contribution is 7.99. The first-order valence-electron chi connectivity index (χ1n) is 13.5. The molecule has 0 unspecified atom stereocenters. The van der Waals surface area contributed by atoms with Crippen molar-refractivity contribution < 1.29 is 23.5 Å². The maximum atomic E-state index is 14.0. The van der Waals surface area contributed by atoms with Gasteiger partial charge in [-0.2, -0.15) is 0 Å². The molecule has 1 aromatic heterocycles. The Labute approximate surface area is 257 Å². The number of nitrogens with zero attached hydrogens (tertiary/aromatic N) is 3. The van der Waals surface area contributed by atoms with Crippen LogP contribution in [0.1, 0.15) is 42.3 Å². The molecule has 0 saturated heterocycles. The van der Waals surface area contributed by atoms with Gasteiger partial charge in [0.25, 0.3) is 11.8 Å². The second kappa shape index (κ2) is 12.9. The fourth-order valence-electron chi connectivity index (χ4n) is 4.40. The third kappa shape index (κ3) is 7.76. The van der Waals surface area contributed by atoms with Gasteiger partial charge in [0.2, 0.25) is 0 Å². The molecule has 3 aromatic carbocycles. The number of nitrogens with one attached hydrogen (secondary N) is 2. The number of fused-ring (bicyclic) bond motifs is 1. The van der Waals surface area contributed by atoms with Crippen LogP contribution in [0, 0.1) is 5.82 Å². The molecule has 2 heterocycles. The number of rotatable bonds is 7. The van der Waals surface area contributed by atoms with E-state index in [1.165, 1.54) is 35.4 Å². The fraction of sp³-hybridized carbons (Fsp3) is 0.258. The summed E-state index contributed by atoms with van der Waals surface area (Å²) in [5.41, 5.74) is 3.47. The number of benzene rings is 3. The molecule has 0 radical (unpaired) electrons. The zero-order valence-electron chi connectivity index (χ0n) is 23.8. The van der Waals surface area contributed by atoms with Crippen molar-refractivity contribution in [2.24, 2.45) is 0 Å². The third-order valence-corrected chi connectivity index (χ3v) is 8.15. The van der Waals surface area contributed by atoms with Crippen LogP contribution in [0.5, 0.6) is 0 Å². The summed E-state index contributed by atoms with van der Waals surface area (Å²) in [7, 11) is 0. The number of hydrogen-bond acceptors (Lipinski definition) is 8. The third-order valence-electron chi connectivity index (χ3n) is 6.49. The summed E-state index contributed by atoms with van der Waals surface area (Å²) in [6.07, 6.45) is -0.681. The Morgan fingerprint density at radius 1 is 1.05 bits per heavy atom. The number of aromatic nitrogens is 2. The molecule has 0 aliphatic carbocycles. The van der Waals surface area contributed by atoms with E-state index in [-0.39, 0.29) is 36.5 Å². The summed E-state index contributed by atoms with van der Waals surface area (Å²) in [5.74, 6) is -0.725. The molecule has 0 saturated carbocycles. The maximum absolute atomic E-state index is 14.0. The van der Waals surface area contributed by atoms with E-state index in [4.69, 9.17) is 4.74 Å². The molecule has 2 N–H and O–H groups in total. The summed E-state index contributed by atoms with van der Waals surface area (Å²) in [4.78, 5) is 42.1. The first-order valence-corrected chi connectivity index (χ1v) is 15.3. The standard InChI is InChI=1S/C31H30FN5O4S2/c1-31(2,3)41-30(40)34-25-17-42-27-13-10-22(28(38)33-15-19-6-11-23(32)12-7-19)14-26(27)37(29(25)39)16-20-4-8-21(9-5-20)24-18-43-36-35-24/h4-14,18,25H,15-17H2,1-3H3,(H,33,38)(H,34,40)/t25-/m0/s1. The zero-order valence-corrected chi connectivity index (χ0v) is 25.4. The number of alkyl carbamates (subject to hydrolysis) is 1. The predicted molar refractivity (Wildman–Crippen MR) is 164 cm³/mol. The Kier molecular flexibility index (Phi) is 9.07. The lowest BCUT2D eigenvalue weighted by Gasteiger charge is -2.27. The van der Waals surface area contributed by atoms with Gasteiger partial charge < -0.3 is 20.3 Å². The van der Waals surface area contributed by atoms with Crippen LogP contribution < -0.4 is 15.5 Å². The van der Waals surface area contributed by atoms with Crippen LogP contribution in [0.2, 0.25) is 0 Å². The molecule has 0 fully saturated rings. The quantitative estimate of drug-likeness (QED) is 0.269. The van der Waals surface area contributed by atoms with Crippen LogP contribution in [-0.2, 0) is 22.6 Å². The molecule has 9 nitrogen and oxygen atoms in total. The zero-order chi connectivity index (χ0) is 30.6. The molecule has 0 spiro atoms. The summed E-state index contributed by atoms with van der Waals surface area (Å²) in [5, 5.41) is 11.5. The maximum Gasteiger partial charge on any atom is 0.408 e. The number of thioether (sulfide) groups is 1. The van der Waals surface area contributed by atoms with Gasteiger partial charge in [0, 0.05) is 33.7 Å². The van der Waals surface area contributed by atoms with Crippen molar-refractivity contribution in [3.05, 3.63) is 94.6 Å². The molecule has 5 rings (SSSR count). The van der Waals surface area contributed by atoms with E-state index in [9.17, 15) is 18.8 Å². The van der Waals surface area contributed by atoms with E-state index in [0.29, 0.717) is 11.3 Å². The van der Waals surface area contributed by atoms with E-state index in [1.54, 1.807) is 56.0 Å². The number of anilines is 1. The molecule has 1 aliphatic rings. The number of amides is 3. The van der Waals surface area contributed by atoms with Gasteiger partial charge in [-0.3, -0.25) is 9.59 Å². The lowest BCUT2D eigenvalue weighted by molar-refractivity contribution is -0.120. The Morgan fingerprint density at radius 2 is 1.77 bits per heavy atom. The highest BCUT2D eigenvalue weighted by Gasteiger charge is 2.33. The highest BCUT2D eigenvalue weighted by atomic mass is 32.2. The van der Waals surface area contributed by atoms with Crippen molar-refractivity contribution in [3.8, 4) is 11.3 Å². The number of halogens is 1. The molecule has 3 amide bonds.